The maximum Gasteiger partial charge on any atom is -0.0443 e. The van der Waals surface area contributed by atoms with E-state index < -0.39 is 0 Å². The molecule has 0 heterocycles. The lowest BCUT2D eigenvalue weighted by molar-refractivity contribution is 0.404. The highest BCUT2D eigenvalue weighted by atomic mass is 14.1. The highest BCUT2D eigenvalue weighted by Gasteiger charge is 2.05. The summed E-state index contributed by atoms with van der Waals surface area (Å²) in [6.45, 7) is 36.8. The summed E-state index contributed by atoms with van der Waals surface area (Å²) in [7, 11) is 0. The molecule has 0 radical (unpaired) electrons. The average Bonchev–Trinajstić information content (AvgIpc) is 2.93. The van der Waals surface area contributed by atoms with Crippen LogP contribution in [0.25, 0.3) is 0 Å². The average molecular weight is 525 g/mol. The summed E-state index contributed by atoms with van der Waals surface area (Å²) in [5, 5.41) is 0. The van der Waals surface area contributed by atoms with E-state index in [0.29, 0.717) is 0 Å². The van der Waals surface area contributed by atoms with Crippen molar-refractivity contribution in [3.63, 3.8) is 0 Å². The number of rotatable bonds is 0. The minimum Gasteiger partial charge on any atom is -0.0776 e. The Morgan fingerprint density at radius 3 is 0.500 bits per heavy atom. The van der Waals surface area contributed by atoms with Crippen LogP contribution in [-0.2, 0) is 0 Å². The zero-order valence-electron chi connectivity index (χ0n) is 29.1. The van der Waals surface area contributed by atoms with Gasteiger partial charge >= 0.3 is 0 Å². The molecule has 0 unspecified atom stereocenters. The van der Waals surface area contributed by atoms with Crippen LogP contribution in [-0.4, -0.2) is 0 Å². The Balaban J connectivity index is -0.0000000293. The van der Waals surface area contributed by atoms with Crippen LogP contribution < -0.4 is 0 Å². The van der Waals surface area contributed by atoms with Crippen LogP contribution in [0.15, 0.2) is 0 Å². The largest absolute Gasteiger partial charge is 0.0776 e. The van der Waals surface area contributed by atoms with Crippen molar-refractivity contribution in [2.24, 2.45) is 11.8 Å². The van der Waals surface area contributed by atoms with Crippen LogP contribution in [0, 0.1) is 11.8 Å². The van der Waals surface area contributed by atoms with Crippen molar-refractivity contribution in [1.29, 1.82) is 0 Å². The summed E-state index contributed by atoms with van der Waals surface area (Å²) in [4.78, 5) is 0. The summed E-state index contributed by atoms with van der Waals surface area (Å²) < 4.78 is 0. The van der Waals surface area contributed by atoms with Gasteiger partial charge in [0.2, 0.25) is 0 Å². The molecule has 0 N–H and O–H groups in total. The molecule has 0 nitrogen and oxygen atoms in total. The molecule has 36 heavy (non-hydrogen) atoms. The molecule has 0 aliphatic heterocycles. The molecule has 236 valence electrons. The molecule has 0 spiro atoms. The van der Waals surface area contributed by atoms with Gasteiger partial charge in [-0.05, 0) is 11.8 Å². The Kier molecular flexibility index (Phi) is 183. The lowest BCUT2D eigenvalue weighted by Crippen LogP contribution is -1.97. The van der Waals surface area contributed by atoms with E-state index in [-0.39, 0.29) is 14.9 Å². The molecule has 0 bridgehead atoms. The van der Waals surface area contributed by atoms with Crippen LogP contribution in [0.3, 0.4) is 0 Å². The van der Waals surface area contributed by atoms with Gasteiger partial charge in [0.1, 0.15) is 0 Å². The third-order valence-corrected chi connectivity index (χ3v) is 4.79. The van der Waals surface area contributed by atoms with E-state index >= 15 is 0 Å². The van der Waals surface area contributed by atoms with Gasteiger partial charge in [-0.15, -0.1) is 0 Å². The van der Waals surface area contributed by atoms with Gasteiger partial charge in [-0.25, -0.2) is 0 Å². The molecule has 0 heteroatoms. The van der Waals surface area contributed by atoms with Crippen LogP contribution in [0.1, 0.15) is 229 Å². The smallest absolute Gasteiger partial charge is 0.0443 e. The first-order valence-corrected chi connectivity index (χ1v) is 16.8. The van der Waals surface area contributed by atoms with Gasteiger partial charge in [0.25, 0.3) is 0 Å². The van der Waals surface area contributed by atoms with E-state index in [1.807, 2.05) is 111 Å². The molecule has 2 aliphatic carbocycles. The van der Waals surface area contributed by atoms with Gasteiger partial charge < -0.3 is 0 Å². The molecule has 0 aromatic rings. The minimum absolute atomic E-state index is 0. The summed E-state index contributed by atoms with van der Waals surface area (Å²) in [6, 6.07) is 0. The Morgan fingerprint density at radius 1 is 0.250 bits per heavy atom. The molecule has 2 aliphatic rings. The first kappa shape index (κ1) is 65.2. The Hall–Kier alpha value is 0. The summed E-state index contributed by atoms with van der Waals surface area (Å²) in [5.41, 5.74) is 0. The van der Waals surface area contributed by atoms with Gasteiger partial charge in [0.05, 0.1) is 0 Å². The third kappa shape index (κ3) is 92.6. The number of hydrogen-bond donors (Lipinski definition) is 0. The Morgan fingerprint density at radius 2 is 0.361 bits per heavy atom. The lowest BCUT2D eigenvalue weighted by atomic mass is 9.93. The first-order valence-electron chi connectivity index (χ1n) is 16.8. The highest BCUT2D eigenvalue weighted by molar-refractivity contribution is 4.59. The Labute approximate surface area is 241 Å². The van der Waals surface area contributed by atoms with Crippen LogP contribution >= 0.6 is 0 Å². The second-order valence-corrected chi connectivity index (χ2v) is 6.90. The molecule has 2 rings (SSSR count). The fourth-order valence-electron chi connectivity index (χ4n) is 3.32. The summed E-state index contributed by atoms with van der Waals surface area (Å²) in [6.07, 6.45) is 20.8. The maximum absolute atomic E-state index is 2.39. The molecular formula is C36H92. The number of hydrogen-bond acceptors (Lipinski definition) is 0. The third-order valence-electron chi connectivity index (χ3n) is 4.79. The molecule has 0 atom stereocenters. The predicted octanol–water partition coefficient (Wildman–Crippen LogP) is 16.2. The first-order chi connectivity index (χ1) is 16.8. The monoisotopic (exact) mass is 525 g/mol. The van der Waals surface area contributed by atoms with Crippen LogP contribution in [0.5, 0.6) is 0 Å². The topological polar surface area (TPSA) is 0 Å². The SMILES string of the molecule is C.C.CC.CC.CC.CC.CC.CC.CC.CC.CC1CCCCCCC1.CC1CCCCCCC1. The fraction of sp³-hybridized carbons (Fsp3) is 1.00. The van der Waals surface area contributed by atoms with Gasteiger partial charge in [0, 0.05) is 0 Å². The minimum atomic E-state index is 0. The second kappa shape index (κ2) is 101. The van der Waals surface area contributed by atoms with Crippen LogP contribution in [0.4, 0.5) is 0 Å². The summed E-state index contributed by atoms with van der Waals surface area (Å²) in [5.74, 6) is 2.04. The van der Waals surface area contributed by atoms with E-state index in [1.165, 1.54) is 89.9 Å². The second-order valence-electron chi connectivity index (χ2n) is 6.90. The molecule has 0 aromatic heterocycles. The Bertz CT molecular complexity index is 137. The van der Waals surface area contributed by atoms with Crippen molar-refractivity contribution in [1.82, 2.24) is 0 Å². The standard InChI is InChI=1S/2C9H18.8C2H6.2CH4/c2*1-9-7-5-3-2-4-6-8-9;8*1-2;;/h2*9H,2-8H2,1H3;8*1-2H3;2*1H4. The molecule has 0 amide bonds. The van der Waals surface area contributed by atoms with E-state index in [4.69, 9.17) is 0 Å². The van der Waals surface area contributed by atoms with Gasteiger partial charge in [0.15, 0.2) is 0 Å². The quantitative estimate of drug-likeness (QED) is 0.295. The van der Waals surface area contributed by atoms with Gasteiger partial charge in [-0.3, -0.25) is 0 Å². The van der Waals surface area contributed by atoms with Gasteiger partial charge in [-0.2, -0.15) is 0 Å². The van der Waals surface area contributed by atoms with Crippen molar-refractivity contribution < 1.29 is 0 Å². The molecule has 2 saturated carbocycles. The van der Waals surface area contributed by atoms with E-state index in [9.17, 15) is 0 Å². The van der Waals surface area contributed by atoms with Crippen molar-refractivity contribution in [3.05, 3.63) is 0 Å². The fourth-order valence-corrected chi connectivity index (χ4v) is 3.32. The maximum atomic E-state index is 2.39. The van der Waals surface area contributed by atoms with Gasteiger partial charge in [-0.1, -0.05) is 229 Å². The van der Waals surface area contributed by atoms with Crippen molar-refractivity contribution in [2.45, 2.75) is 229 Å². The van der Waals surface area contributed by atoms with E-state index in [1.54, 1.807) is 0 Å². The zero-order chi connectivity index (χ0) is 29.1. The van der Waals surface area contributed by atoms with Crippen molar-refractivity contribution in [2.75, 3.05) is 0 Å². The molecule has 0 saturated heterocycles. The predicted molar refractivity (Wildman–Crippen MR) is 187 cm³/mol. The van der Waals surface area contributed by atoms with E-state index in [0.717, 1.165) is 11.8 Å². The van der Waals surface area contributed by atoms with Crippen LogP contribution in [0.2, 0.25) is 0 Å². The van der Waals surface area contributed by atoms with Crippen molar-refractivity contribution >= 4 is 0 Å². The zero-order valence-corrected chi connectivity index (χ0v) is 29.1. The normalized spacial score (nSPS) is 13.8. The van der Waals surface area contributed by atoms with E-state index in [2.05, 4.69) is 13.8 Å². The molecule has 2 fully saturated rings. The highest BCUT2D eigenvalue weighted by Crippen LogP contribution is 2.21. The molecular weight excluding hydrogens is 432 g/mol. The van der Waals surface area contributed by atoms with Crippen molar-refractivity contribution in [3.8, 4) is 0 Å². The molecule has 0 aromatic carbocycles. The lowest BCUT2D eigenvalue weighted by Gasteiger charge is -2.13. The summed E-state index contributed by atoms with van der Waals surface area (Å²) >= 11 is 0.